The van der Waals surface area contributed by atoms with Crippen molar-refractivity contribution < 1.29 is 22.6 Å². The highest BCUT2D eigenvalue weighted by Gasteiger charge is 2.30. The molecule has 0 amide bonds. The molecule has 0 N–H and O–H groups in total. The van der Waals surface area contributed by atoms with E-state index < -0.39 is 17.9 Å². The number of hydrogen-bond acceptors (Lipinski definition) is 9. The molecule has 0 saturated carbocycles. The van der Waals surface area contributed by atoms with Gasteiger partial charge in [0.15, 0.2) is 0 Å². The highest BCUT2D eigenvalue weighted by Crippen LogP contribution is 2.32. The number of halogens is 3. The third-order valence-corrected chi connectivity index (χ3v) is 5.32. The Morgan fingerprint density at radius 3 is 1.56 bits per heavy atom. The second-order valence-electron chi connectivity index (χ2n) is 8.29. The molecule has 0 aliphatic heterocycles. The lowest BCUT2D eigenvalue weighted by molar-refractivity contribution is -0.137. The number of benzene rings is 4. The Labute approximate surface area is 232 Å². The fourth-order valence-corrected chi connectivity index (χ4v) is 3.37. The maximum Gasteiger partial charge on any atom is 0.416 e. The van der Waals surface area contributed by atoms with Gasteiger partial charge in [0.05, 0.1) is 11.3 Å². The minimum atomic E-state index is -4.49. The van der Waals surface area contributed by atoms with Gasteiger partial charge in [-0.2, -0.15) is 38.5 Å². The molecule has 0 bridgehead atoms. The second kappa shape index (κ2) is 12.6. The summed E-state index contributed by atoms with van der Waals surface area (Å²) in [6.45, 7) is 0. The SMILES string of the molecule is FC(F)(F)c1ccc(C(N=Nc2ccccc2)N=Nc2nc(Oc3ccccc3)nc(Oc3ccccc3)n2)cc1. The van der Waals surface area contributed by atoms with Gasteiger partial charge < -0.3 is 9.47 Å². The van der Waals surface area contributed by atoms with Crippen molar-refractivity contribution in [2.45, 2.75) is 12.3 Å². The molecular weight excluding hydrogens is 535 g/mol. The number of para-hydroxylation sites is 2. The number of alkyl halides is 3. The average Bonchev–Trinajstić information content (AvgIpc) is 2.98. The van der Waals surface area contributed by atoms with Crippen molar-refractivity contribution in [1.82, 2.24) is 15.0 Å². The lowest BCUT2D eigenvalue weighted by atomic mass is 10.1. The normalized spacial score (nSPS) is 12.5. The highest BCUT2D eigenvalue weighted by molar-refractivity contribution is 5.35. The minimum Gasteiger partial charge on any atom is -0.424 e. The van der Waals surface area contributed by atoms with Gasteiger partial charge in [0.2, 0.25) is 6.17 Å². The molecule has 0 saturated heterocycles. The van der Waals surface area contributed by atoms with Gasteiger partial charge in [-0.05, 0) is 48.5 Å². The third kappa shape index (κ3) is 7.76. The summed E-state index contributed by atoms with van der Waals surface area (Å²) < 4.78 is 50.8. The van der Waals surface area contributed by atoms with Gasteiger partial charge in [-0.3, -0.25) is 0 Å². The molecule has 1 aromatic heterocycles. The average molecular weight is 556 g/mol. The molecule has 1 heterocycles. The first kappa shape index (κ1) is 27.1. The second-order valence-corrected chi connectivity index (χ2v) is 8.29. The predicted octanol–water partition coefficient (Wildman–Crippen LogP) is 9.04. The number of azo groups is 2. The van der Waals surface area contributed by atoms with E-state index >= 15 is 0 Å². The summed E-state index contributed by atoms with van der Waals surface area (Å²) in [6.07, 6.45) is -5.60. The van der Waals surface area contributed by atoms with Crippen molar-refractivity contribution in [3.8, 4) is 23.5 Å². The molecule has 12 heteroatoms. The maximum atomic E-state index is 13.1. The van der Waals surface area contributed by atoms with Crippen molar-refractivity contribution in [1.29, 1.82) is 0 Å². The van der Waals surface area contributed by atoms with E-state index in [-0.39, 0.29) is 18.0 Å². The Morgan fingerprint density at radius 2 is 1.05 bits per heavy atom. The molecule has 5 rings (SSSR count). The van der Waals surface area contributed by atoms with E-state index in [0.29, 0.717) is 22.7 Å². The number of ether oxygens (including phenoxy) is 2. The zero-order valence-electron chi connectivity index (χ0n) is 21.1. The van der Waals surface area contributed by atoms with Crippen molar-refractivity contribution in [3.63, 3.8) is 0 Å². The molecule has 4 aromatic carbocycles. The Balaban J connectivity index is 1.48. The summed E-state index contributed by atoms with van der Waals surface area (Å²) in [5, 5.41) is 16.6. The largest absolute Gasteiger partial charge is 0.424 e. The van der Waals surface area contributed by atoms with Crippen LogP contribution in [0.4, 0.5) is 24.8 Å². The summed E-state index contributed by atoms with van der Waals surface area (Å²) >= 11 is 0. The van der Waals surface area contributed by atoms with Crippen molar-refractivity contribution in [3.05, 3.63) is 126 Å². The predicted molar refractivity (Wildman–Crippen MR) is 143 cm³/mol. The summed E-state index contributed by atoms with van der Waals surface area (Å²) in [6, 6.07) is 30.6. The van der Waals surface area contributed by atoms with Crippen LogP contribution in [0.2, 0.25) is 0 Å². The number of rotatable bonds is 9. The Kier molecular flexibility index (Phi) is 8.29. The van der Waals surface area contributed by atoms with E-state index in [1.807, 2.05) is 18.2 Å². The molecule has 204 valence electrons. The number of aromatic nitrogens is 3. The Morgan fingerprint density at radius 1 is 0.561 bits per heavy atom. The topological polar surface area (TPSA) is 107 Å². The van der Waals surface area contributed by atoms with Crippen LogP contribution in [0.15, 0.2) is 136 Å². The van der Waals surface area contributed by atoms with Crippen LogP contribution in [0.25, 0.3) is 0 Å². The molecule has 0 radical (unpaired) electrons. The third-order valence-electron chi connectivity index (χ3n) is 5.32. The van der Waals surface area contributed by atoms with E-state index in [1.165, 1.54) is 12.1 Å². The summed E-state index contributed by atoms with van der Waals surface area (Å²) in [4.78, 5) is 12.6. The Hall–Kier alpha value is -5.52. The van der Waals surface area contributed by atoms with E-state index in [0.717, 1.165) is 12.1 Å². The van der Waals surface area contributed by atoms with Crippen LogP contribution in [0.3, 0.4) is 0 Å². The molecule has 9 nitrogen and oxygen atoms in total. The Bertz CT molecular complexity index is 1560. The van der Waals surface area contributed by atoms with Gasteiger partial charge in [-0.15, -0.1) is 10.1 Å². The van der Waals surface area contributed by atoms with Gasteiger partial charge >= 0.3 is 18.2 Å². The first-order valence-corrected chi connectivity index (χ1v) is 12.2. The van der Waals surface area contributed by atoms with Crippen LogP contribution < -0.4 is 9.47 Å². The van der Waals surface area contributed by atoms with Crippen molar-refractivity contribution in [2.75, 3.05) is 0 Å². The van der Waals surface area contributed by atoms with Gasteiger partial charge in [0.1, 0.15) is 11.5 Å². The van der Waals surface area contributed by atoms with Crippen molar-refractivity contribution >= 4 is 11.6 Å². The van der Waals surface area contributed by atoms with Crippen LogP contribution in [0, 0.1) is 0 Å². The highest BCUT2D eigenvalue weighted by atomic mass is 19.4. The zero-order chi connectivity index (χ0) is 28.5. The van der Waals surface area contributed by atoms with E-state index in [1.54, 1.807) is 72.8 Å². The molecule has 0 aliphatic rings. The standard InChI is InChI=1S/C29H20F3N7O2/c30-29(31,32)21-18-16-20(17-19-21)25(37-36-22-10-4-1-5-11-22)38-39-26-33-27(40-23-12-6-2-7-13-23)35-28(34-26)41-24-14-8-3-9-15-24/h1-19,25H. The molecule has 0 aliphatic carbocycles. The first-order valence-electron chi connectivity index (χ1n) is 12.2. The van der Waals surface area contributed by atoms with E-state index in [9.17, 15) is 13.2 Å². The van der Waals surface area contributed by atoms with Gasteiger partial charge in [0, 0.05) is 5.56 Å². The van der Waals surface area contributed by atoms with E-state index in [4.69, 9.17) is 9.47 Å². The number of hydrogen-bond donors (Lipinski definition) is 0. The molecule has 1 atom stereocenters. The summed E-state index contributed by atoms with van der Waals surface area (Å²) in [5.41, 5.74) is 0.0358. The molecule has 0 fully saturated rings. The lowest BCUT2D eigenvalue weighted by Crippen LogP contribution is -2.04. The minimum absolute atomic E-state index is 0.108. The molecular formula is C29H20F3N7O2. The molecule has 1 unspecified atom stereocenters. The van der Waals surface area contributed by atoms with Gasteiger partial charge in [-0.25, -0.2) is 0 Å². The quantitative estimate of drug-likeness (QED) is 0.169. The molecule has 0 spiro atoms. The van der Waals surface area contributed by atoms with Gasteiger partial charge in [-0.1, -0.05) is 66.7 Å². The summed E-state index contributed by atoms with van der Waals surface area (Å²) in [5.74, 6) is 0.752. The lowest BCUT2D eigenvalue weighted by Gasteiger charge is -2.10. The van der Waals surface area contributed by atoms with Crippen LogP contribution in [-0.2, 0) is 6.18 Å². The van der Waals surface area contributed by atoms with Crippen LogP contribution in [-0.4, -0.2) is 15.0 Å². The zero-order valence-corrected chi connectivity index (χ0v) is 21.1. The first-order chi connectivity index (χ1) is 19.9. The van der Waals surface area contributed by atoms with Crippen LogP contribution >= 0.6 is 0 Å². The smallest absolute Gasteiger partial charge is 0.416 e. The fraction of sp³-hybridized carbons (Fsp3) is 0.0690. The maximum absolute atomic E-state index is 13.1. The molecule has 5 aromatic rings. The van der Waals surface area contributed by atoms with Crippen LogP contribution in [0.5, 0.6) is 23.5 Å². The summed E-state index contributed by atoms with van der Waals surface area (Å²) in [7, 11) is 0. The van der Waals surface area contributed by atoms with Crippen LogP contribution in [0.1, 0.15) is 17.3 Å². The van der Waals surface area contributed by atoms with Crippen molar-refractivity contribution in [2.24, 2.45) is 20.5 Å². The van der Waals surface area contributed by atoms with E-state index in [2.05, 4.69) is 35.4 Å². The van der Waals surface area contributed by atoms with Gasteiger partial charge in [0.25, 0.3) is 5.95 Å². The fourth-order valence-electron chi connectivity index (χ4n) is 3.37. The number of nitrogens with zero attached hydrogens (tertiary/aromatic N) is 7. The monoisotopic (exact) mass is 555 g/mol. The molecule has 41 heavy (non-hydrogen) atoms.